The van der Waals surface area contributed by atoms with Crippen molar-refractivity contribution in [1.29, 1.82) is 0 Å². The number of fused-ring (bicyclic) bond motifs is 1. The Hall–Kier alpha value is -4.13. The summed E-state index contributed by atoms with van der Waals surface area (Å²) in [4.78, 5) is 30.0. The second-order valence-corrected chi connectivity index (χ2v) is 8.12. The maximum atomic E-state index is 13.7. The Labute approximate surface area is 197 Å². The number of rotatable bonds is 8. The quantitative estimate of drug-likeness (QED) is 0.404. The van der Waals surface area contributed by atoms with Crippen molar-refractivity contribution in [2.75, 3.05) is 14.2 Å². The largest absolute Gasteiger partial charge is 0.497 e. The number of ether oxygens (including phenoxy) is 1. The molecule has 4 rings (SSSR count). The van der Waals surface area contributed by atoms with E-state index in [1.807, 2.05) is 48.5 Å². The number of likely N-dealkylation sites (N-methyl/N-ethyl adjacent to an activating group) is 1. The van der Waals surface area contributed by atoms with Gasteiger partial charge in [0.25, 0.3) is 0 Å². The number of carbonyl (C=O) groups excluding carboxylic acids is 2. The maximum absolute atomic E-state index is 13.7. The SMILES string of the molecule is COc1ccc(-c2[nH]c3ccccc3c2CCC(=O)N(C)C(C(N)=O)c2cccc(F)c2)cc1. The topological polar surface area (TPSA) is 88.4 Å². The summed E-state index contributed by atoms with van der Waals surface area (Å²) >= 11 is 0. The van der Waals surface area contributed by atoms with Gasteiger partial charge >= 0.3 is 0 Å². The molecule has 7 heteroatoms. The zero-order valence-corrected chi connectivity index (χ0v) is 19.0. The number of primary amides is 1. The standard InChI is InChI=1S/C27H26FN3O3/c1-31(26(27(29)33)18-6-5-7-19(28)16-18)24(32)15-14-22-21-8-3-4-9-23(21)30-25(22)17-10-12-20(34-2)13-11-17/h3-13,16,26,30H,14-15H2,1-2H3,(H2,29,33). The van der Waals surface area contributed by atoms with Gasteiger partial charge in [0.2, 0.25) is 11.8 Å². The number of carbonyl (C=O) groups is 2. The number of amides is 2. The third-order valence-electron chi connectivity index (χ3n) is 6.00. The Morgan fingerprint density at radius 1 is 1.06 bits per heavy atom. The van der Waals surface area contributed by atoms with Gasteiger partial charge < -0.3 is 20.4 Å². The van der Waals surface area contributed by atoms with Crippen LogP contribution in [0.5, 0.6) is 5.75 Å². The first-order valence-corrected chi connectivity index (χ1v) is 10.9. The summed E-state index contributed by atoms with van der Waals surface area (Å²) in [5.41, 5.74) is 9.79. The zero-order valence-electron chi connectivity index (χ0n) is 19.0. The molecule has 0 aliphatic heterocycles. The van der Waals surface area contributed by atoms with Gasteiger partial charge in [0, 0.05) is 30.1 Å². The lowest BCUT2D eigenvalue weighted by atomic mass is 10.00. The summed E-state index contributed by atoms with van der Waals surface area (Å²) in [6.07, 6.45) is 0.601. The average Bonchev–Trinajstić information content (AvgIpc) is 3.21. The Balaban J connectivity index is 1.61. The average molecular weight is 460 g/mol. The molecule has 0 aliphatic carbocycles. The van der Waals surface area contributed by atoms with Crippen molar-refractivity contribution in [3.8, 4) is 17.0 Å². The van der Waals surface area contributed by atoms with Crippen LogP contribution in [0.4, 0.5) is 4.39 Å². The number of nitrogens with one attached hydrogen (secondary N) is 1. The van der Waals surface area contributed by atoms with Crippen molar-refractivity contribution in [2.45, 2.75) is 18.9 Å². The molecule has 0 spiro atoms. The summed E-state index contributed by atoms with van der Waals surface area (Å²) in [6, 6.07) is 20.2. The molecule has 4 aromatic rings. The molecule has 1 atom stereocenters. The number of aromatic amines is 1. The summed E-state index contributed by atoms with van der Waals surface area (Å²) in [5.74, 6) is -0.716. The number of hydrogen-bond acceptors (Lipinski definition) is 3. The normalized spacial score (nSPS) is 11.9. The third kappa shape index (κ3) is 4.64. The number of aryl methyl sites for hydroxylation is 1. The van der Waals surface area contributed by atoms with Crippen molar-refractivity contribution in [3.63, 3.8) is 0 Å². The van der Waals surface area contributed by atoms with Crippen molar-refractivity contribution in [3.05, 3.63) is 89.7 Å². The van der Waals surface area contributed by atoms with E-state index in [0.29, 0.717) is 12.0 Å². The molecule has 34 heavy (non-hydrogen) atoms. The monoisotopic (exact) mass is 459 g/mol. The first kappa shape index (κ1) is 23.0. The minimum atomic E-state index is -1.05. The minimum absolute atomic E-state index is 0.153. The fraction of sp³-hybridized carbons (Fsp3) is 0.185. The number of halogens is 1. The van der Waals surface area contributed by atoms with Crippen LogP contribution in [0.15, 0.2) is 72.8 Å². The van der Waals surface area contributed by atoms with Crippen LogP contribution in [0.1, 0.15) is 23.6 Å². The highest BCUT2D eigenvalue weighted by Crippen LogP contribution is 2.32. The van der Waals surface area contributed by atoms with Gasteiger partial charge in [-0.1, -0.05) is 30.3 Å². The number of nitrogens with two attached hydrogens (primary N) is 1. The van der Waals surface area contributed by atoms with Gasteiger partial charge in [-0.2, -0.15) is 0 Å². The van der Waals surface area contributed by atoms with E-state index in [1.54, 1.807) is 13.2 Å². The molecule has 1 aromatic heterocycles. The van der Waals surface area contributed by atoms with E-state index in [2.05, 4.69) is 4.98 Å². The Kier molecular flexibility index (Phi) is 6.63. The molecule has 2 amide bonds. The molecule has 0 saturated heterocycles. The van der Waals surface area contributed by atoms with Crippen LogP contribution in [0.3, 0.4) is 0 Å². The van der Waals surface area contributed by atoms with Crippen molar-refractivity contribution in [1.82, 2.24) is 9.88 Å². The summed E-state index contributed by atoms with van der Waals surface area (Å²) in [5, 5.41) is 1.03. The van der Waals surface area contributed by atoms with E-state index in [4.69, 9.17) is 10.5 Å². The fourth-order valence-corrected chi connectivity index (χ4v) is 4.27. The lowest BCUT2D eigenvalue weighted by Gasteiger charge is -2.26. The molecule has 0 bridgehead atoms. The number of aromatic nitrogens is 1. The van der Waals surface area contributed by atoms with Crippen LogP contribution in [-0.2, 0) is 16.0 Å². The van der Waals surface area contributed by atoms with Crippen LogP contribution < -0.4 is 10.5 Å². The molecular formula is C27H26FN3O3. The Morgan fingerprint density at radius 3 is 2.47 bits per heavy atom. The molecule has 6 nitrogen and oxygen atoms in total. The van der Waals surface area contributed by atoms with Crippen LogP contribution in [-0.4, -0.2) is 35.9 Å². The van der Waals surface area contributed by atoms with Gasteiger partial charge in [0.05, 0.1) is 7.11 Å². The summed E-state index contributed by atoms with van der Waals surface area (Å²) in [7, 11) is 3.14. The first-order valence-electron chi connectivity index (χ1n) is 10.9. The van der Waals surface area contributed by atoms with Crippen LogP contribution >= 0.6 is 0 Å². The van der Waals surface area contributed by atoms with Crippen LogP contribution in [0.25, 0.3) is 22.2 Å². The van der Waals surface area contributed by atoms with Crippen LogP contribution in [0.2, 0.25) is 0 Å². The lowest BCUT2D eigenvalue weighted by molar-refractivity contribution is -0.138. The van der Waals surface area contributed by atoms with Gasteiger partial charge in [0.1, 0.15) is 17.6 Å². The predicted molar refractivity (Wildman–Crippen MR) is 130 cm³/mol. The van der Waals surface area contributed by atoms with Crippen molar-refractivity contribution >= 4 is 22.7 Å². The van der Waals surface area contributed by atoms with E-state index in [9.17, 15) is 14.0 Å². The number of para-hydroxylation sites is 1. The lowest BCUT2D eigenvalue weighted by Crippen LogP contribution is -2.39. The van der Waals surface area contributed by atoms with Gasteiger partial charge in [-0.05, 0) is 65.6 Å². The number of benzene rings is 3. The Bertz CT molecular complexity index is 1330. The van der Waals surface area contributed by atoms with Gasteiger partial charge in [0.15, 0.2) is 0 Å². The molecule has 3 aromatic carbocycles. The second kappa shape index (κ2) is 9.79. The van der Waals surface area contributed by atoms with Gasteiger partial charge in [-0.3, -0.25) is 9.59 Å². The smallest absolute Gasteiger partial charge is 0.244 e. The van der Waals surface area contributed by atoms with Crippen molar-refractivity contribution < 1.29 is 18.7 Å². The molecule has 0 saturated carbocycles. The van der Waals surface area contributed by atoms with E-state index >= 15 is 0 Å². The van der Waals surface area contributed by atoms with Gasteiger partial charge in [-0.25, -0.2) is 4.39 Å². The van der Waals surface area contributed by atoms with Crippen molar-refractivity contribution in [2.24, 2.45) is 5.73 Å². The molecule has 1 heterocycles. The second-order valence-electron chi connectivity index (χ2n) is 8.12. The van der Waals surface area contributed by atoms with E-state index in [1.165, 1.54) is 30.1 Å². The number of methoxy groups -OCH3 is 1. The van der Waals surface area contributed by atoms with E-state index < -0.39 is 17.8 Å². The molecular weight excluding hydrogens is 433 g/mol. The van der Waals surface area contributed by atoms with E-state index in [-0.39, 0.29) is 12.3 Å². The van der Waals surface area contributed by atoms with E-state index in [0.717, 1.165) is 33.5 Å². The molecule has 174 valence electrons. The zero-order chi connectivity index (χ0) is 24.2. The van der Waals surface area contributed by atoms with Crippen LogP contribution in [0, 0.1) is 5.82 Å². The van der Waals surface area contributed by atoms with Gasteiger partial charge in [-0.15, -0.1) is 0 Å². The molecule has 0 fully saturated rings. The first-order chi connectivity index (χ1) is 16.4. The number of hydrogen-bond donors (Lipinski definition) is 2. The summed E-state index contributed by atoms with van der Waals surface area (Å²) in [6.45, 7) is 0. The predicted octanol–water partition coefficient (Wildman–Crippen LogP) is 4.60. The summed E-state index contributed by atoms with van der Waals surface area (Å²) < 4.78 is 19.0. The number of nitrogens with zero attached hydrogens (tertiary/aromatic N) is 1. The molecule has 1 unspecified atom stereocenters. The highest BCUT2D eigenvalue weighted by molar-refractivity contribution is 5.92. The fourth-order valence-electron chi connectivity index (χ4n) is 4.27. The highest BCUT2D eigenvalue weighted by atomic mass is 19.1. The molecule has 3 N–H and O–H groups in total. The maximum Gasteiger partial charge on any atom is 0.244 e. The minimum Gasteiger partial charge on any atom is -0.497 e. The Morgan fingerprint density at radius 2 is 1.79 bits per heavy atom. The third-order valence-corrected chi connectivity index (χ3v) is 6.00. The molecule has 0 aliphatic rings. The molecule has 0 radical (unpaired) electrons. The highest BCUT2D eigenvalue weighted by Gasteiger charge is 2.27. The number of H-pyrrole nitrogens is 1.